The van der Waals surface area contributed by atoms with Gasteiger partial charge in [0.2, 0.25) is 0 Å². The SMILES string of the molecule is CCCCCCCCC/C=C\CCCCCCCCCC(=O)OC(COC(=O)CCCCCCC/C=C\CCCCCCCCC)COC(=O)CCCCCCCCCCCCCCCCCCCCCCCCCCCCC. The first-order chi connectivity index (χ1) is 39.0. The summed E-state index contributed by atoms with van der Waals surface area (Å²) < 4.78 is 17.0. The molecule has 466 valence electrons. The van der Waals surface area contributed by atoms with E-state index in [4.69, 9.17) is 14.2 Å². The standard InChI is InChI=1S/C73H138O6/c1-4-7-10-13-16-19-22-25-28-31-33-34-35-36-37-38-39-40-41-43-45-48-51-54-57-60-63-66-72(75)78-69-70(68-77-71(74)65-62-59-56-53-50-47-44-30-27-24-21-18-15-12-9-6-3)79-73(76)67-64-61-58-55-52-49-46-42-32-29-26-23-20-17-14-11-8-5-2/h29-30,32,44,70H,4-28,31,33-43,45-69H2,1-3H3/b32-29-,44-30-. The summed E-state index contributed by atoms with van der Waals surface area (Å²) in [7, 11) is 0. The Hall–Kier alpha value is -2.11. The summed E-state index contributed by atoms with van der Waals surface area (Å²) in [6.07, 6.45) is 83.5. The molecule has 0 rings (SSSR count). The number of unbranched alkanes of at least 4 members (excludes halogenated alkanes) is 52. The monoisotopic (exact) mass is 1110 g/mol. The lowest BCUT2D eigenvalue weighted by molar-refractivity contribution is -0.167. The van der Waals surface area contributed by atoms with Crippen LogP contribution in [0.15, 0.2) is 24.3 Å². The molecule has 0 radical (unpaired) electrons. The highest BCUT2D eigenvalue weighted by molar-refractivity contribution is 5.71. The Morgan fingerprint density at radius 3 is 0.633 bits per heavy atom. The molecule has 0 aliphatic heterocycles. The maximum absolute atomic E-state index is 12.9. The van der Waals surface area contributed by atoms with Gasteiger partial charge in [0.15, 0.2) is 6.10 Å². The molecule has 0 N–H and O–H groups in total. The Balaban J connectivity index is 4.23. The van der Waals surface area contributed by atoms with Gasteiger partial charge in [-0.3, -0.25) is 14.4 Å². The molecule has 0 aromatic heterocycles. The van der Waals surface area contributed by atoms with Crippen LogP contribution in [0, 0.1) is 0 Å². The van der Waals surface area contributed by atoms with Gasteiger partial charge in [-0.2, -0.15) is 0 Å². The van der Waals surface area contributed by atoms with Crippen LogP contribution in [0.1, 0.15) is 406 Å². The minimum Gasteiger partial charge on any atom is -0.462 e. The summed E-state index contributed by atoms with van der Waals surface area (Å²) in [4.78, 5) is 38.4. The molecular formula is C73H138O6. The van der Waals surface area contributed by atoms with Gasteiger partial charge in [0.05, 0.1) is 0 Å². The predicted octanol–water partition coefficient (Wildman–Crippen LogP) is 24.6. The highest BCUT2D eigenvalue weighted by Gasteiger charge is 2.19. The lowest BCUT2D eigenvalue weighted by Gasteiger charge is -2.18. The smallest absolute Gasteiger partial charge is 0.306 e. The molecule has 1 unspecified atom stereocenters. The van der Waals surface area contributed by atoms with Crippen molar-refractivity contribution < 1.29 is 28.6 Å². The molecule has 0 spiro atoms. The third kappa shape index (κ3) is 66.6. The van der Waals surface area contributed by atoms with Crippen LogP contribution in [-0.2, 0) is 28.6 Å². The van der Waals surface area contributed by atoms with E-state index >= 15 is 0 Å². The lowest BCUT2D eigenvalue weighted by atomic mass is 10.0. The van der Waals surface area contributed by atoms with Crippen molar-refractivity contribution in [3.05, 3.63) is 24.3 Å². The highest BCUT2D eigenvalue weighted by atomic mass is 16.6. The third-order valence-electron chi connectivity index (χ3n) is 16.4. The summed E-state index contributed by atoms with van der Waals surface area (Å²) >= 11 is 0. The van der Waals surface area contributed by atoms with Crippen LogP contribution in [0.2, 0.25) is 0 Å². The highest BCUT2D eigenvalue weighted by Crippen LogP contribution is 2.19. The zero-order chi connectivity index (χ0) is 57.1. The minimum absolute atomic E-state index is 0.0703. The first-order valence-electron chi connectivity index (χ1n) is 35.8. The second kappa shape index (κ2) is 68.4. The quantitative estimate of drug-likeness (QED) is 0.0261. The first kappa shape index (κ1) is 76.9. The van der Waals surface area contributed by atoms with Crippen molar-refractivity contribution in [1.29, 1.82) is 0 Å². The second-order valence-corrected chi connectivity index (χ2v) is 24.5. The van der Waals surface area contributed by atoms with E-state index in [1.54, 1.807) is 0 Å². The lowest BCUT2D eigenvalue weighted by Crippen LogP contribution is -2.30. The van der Waals surface area contributed by atoms with E-state index in [1.807, 2.05) is 0 Å². The van der Waals surface area contributed by atoms with Crippen molar-refractivity contribution in [1.82, 2.24) is 0 Å². The molecule has 0 amide bonds. The molecule has 6 heteroatoms. The van der Waals surface area contributed by atoms with Crippen molar-refractivity contribution in [2.45, 2.75) is 412 Å². The van der Waals surface area contributed by atoms with Gasteiger partial charge in [0.1, 0.15) is 13.2 Å². The predicted molar refractivity (Wildman–Crippen MR) is 344 cm³/mol. The van der Waals surface area contributed by atoms with Gasteiger partial charge in [0, 0.05) is 19.3 Å². The summed E-state index contributed by atoms with van der Waals surface area (Å²) in [5, 5.41) is 0. The van der Waals surface area contributed by atoms with Crippen LogP contribution in [-0.4, -0.2) is 37.2 Å². The van der Waals surface area contributed by atoms with Crippen LogP contribution >= 0.6 is 0 Å². The zero-order valence-electron chi connectivity index (χ0n) is 53.7. The average molecular weight is 1110 g/mol. The number of hydrogen-bond acceptors (Lipinski definition) is 6. The maximum Gasteiger partial charge on any atom is 0.306 e. The van der Waals surface area contributed by atoms with E-state index in [2.05, 4.69) is 45.1 Å². The molecule has 0 heterocycles. The number of ether oxygens (including phenoxy) is 3. The molecular weight excluding hydrogens is 973 g/mol. The van der Waals surface area contributed by atoms with Gasteiger partial charge in [-0.15, -0.1) is 0 Å². The molecule has 6 nitrogen and oxygen atoms in total. The molecule has 0 saturated heterocycles. The molecule has 0 aliphatic rings. The van der Waals surface area contributed by atoms with Crippen molar-refractivity contribution in [2.75, 3.05) is 13.2 Å². The van der Waals surface area contributed by atoms with E-state index in [0.717, 1.165) is 64.2 Å². The van der Waals surface area contributed by atoms with Crippen LogP contribution in [0.5, 0.6) is 0 Å². The Bertz CT molecular complexity index is 1270. The zero-order valence-corrected chi connectivity index (χ0v) is 53.7. The van der Waals surface area contributed by atoms with Crippen LogP contribution in [0.4, 0.5) is 0 Å². The van der Waals surface area contributed by atoms with Crippen molar-refractivity contribution in [3.8, 4) is 0 Å². The Labute approximate surface area is 493 Å². The topological polar surface area (TPSA) is 78.9 Å². The average Bonchev–Trinajstić information content (AvgIpc) is 3.45. The molecule has 0 saturated carbocycles. The summed E-state index contributed by atoms with van der Waals surface area (Å²) in [5.74, 6) is -0.852. The number of rotatable bonds is 67. The summed E-state index contributed by atoms with van der Waals surface area (Å²) in [6, 6.07) is 0. The molecule has 0 aromatic rings. The molecule has 0 fully saturated rings. The minimum atomic E-state index is -0.775. The third-order valence-corrected chi connectivity index (χ3v) is 16.4. The fraction of sp³-hybridized carbons (Fsp3) is 0.904. The van der Waals surface area contributed by atoms with Gasteiger partial charge in [-0.05, 0) is 70.6 Å². The van der Waals surface area contributed by atoms with Crippen molar-refractivity contribution >= 4 is 17.9 Å². The van der Waals surface area contributed by atoms with Gasteiger partial charge < -0.3 is 14.2 Å². The Morgan fingerprint density at radius 2 is 0.418 bits per heavy atom. The Kier molecular flexibility index (Phi) is 66.6. The number of carbonyl (C=O) groups is 3. The maximum atomic E-state index is 12.9. The first-order valence-corrected chi connectivity index (χ1v) is 35.8. The molecule has 0 aromatic carbocycles. The van der Waals surface area contributed by atoms with Crippen LogP contribution in [0.25, 0.3) is 0 Å². The fourth-order valence-electron chi connectivity index (χ4n) is 11.0. The van der Waals surface area contributed by atoms with Crippen LogP contribution < -0.4 is 0 Å². The van der Waals surface area contributed by atoms with E-state index in [0.29, 0.717) is 19.3 Å². The fourth-order valence-corrected chi connectivity index (χ4v) is 11.0. The normalized spacial score (nSPS) is 12.1. The number of esters is 3. The summed E-state index contributed by atoms with van der Waals surface area (Å²) in [5.41, 5.74) is 0. The number of carbonyl (C=O) groups excluding carboxylic acids is 3. The van der Waals surface area contributed by atoms with Gasteiger partial charge >= 0.3 is 17.9 Å². The Morgan fingerprint density at radius 1 is 0.241 bits per heavy atom. The van der Waals surface area contributed by atoms with E-state index in [-0.39, 0.29) is 31.1 Å². The van der Waals surface area contributed by atoms with Crippen molar-refractivity contribution in [2.24, 2.45) is 0 Å². The van der Waals surface area contributed by atoms with E-state index in [9.17, 15) is 14.4 Å². The molecule has 0 aliphatic carbocycles. The van der Waals surface area contributed by atoms with Gasteiger partial charge in [-0.1, -0.05) is 340 Å². The van der Waals surface area contributed by atoms with E-state index < -0.39 is 6.10 Å². The van der Waals surface area contributed by atoms with E-state index in [1.165, 1.54) is 302 Å². The van der Waals surface area contributed by atoms with Gasteiger partial charge in [-0.25, -0.2) is 0 Å². The van der Waals surface area contributed by atoms with Crippen molar-refractivity contribution in [3.63, 3.8) is 0 Å². The summed E-state index contributed by atoms with van der Waals surface area (Å²) in [6.45, 7) is 6.71. The molecule has 0 bridgehead atoms. The van der Waals surface area contributed by atoms with Gasteiger partial charge in [0.25, 0.3) is 0 Å². The number of hydrogen-bond donors (Lipinski definition) is 0. The molecule has 1 atom stereocenters. The molecule has 79 heavy (non-hydrogen) atoms. The number of allylic oxidation sites excluding steroid dienone is 4. The van der Waals surface area contributed by atoms with Crippen LogP contribution in [0.3, 0.4) is 0 Å². The second-order valence-electron chi connectivity index (χ2n) is 24.5. The largest absolute Gasteiger partial charge is 0.462 e.